The van der Waals surface area contributed by atoms with Crippen LogP contribution in [0, 0.1) is 23.2 Å². The quantitative estimate of drug-likeness (QED) is 0.416. The number of pyridine rings is 1. The highest BCUT2D eigenvalue weighted by Gasteiger charge is 2.35. The van der Waals surface area contributed by atoms with Crippen LogP contribution in [-0.2, 0) is 4.79 Å². The lowest BCUT2D eigenvalue weighted by atomic mass is 9.96. The lowest BCUT2D eigenvalue weighted by Crippen LogP contribution is -2.63. The third-order valence-electron chi connectivity index (χ3n) is 4.11. The molecular formula is C17H27N7O2. The molecule has 142 valence electrons. The SMILES string of the molecule is CC(C)Oc1ccncc1NC(=O)C(C(N)N)C1NCC(CC#N)CN1. The zero-order chi connectivity index (χ0) is 19.1. The number of rotatable bonds is 7. The van der Waals surface area contributed by atoms with Crippen LogP contribution < -0.4 is 32.2 Å². The molecule has 0 saturated carbocycles. The zero-order valence-corrected chi connectivity index (χ0v) is 15.1. The zero-order valence-electron chi connectivity index (χ0n) is 15.1. The number of nitrogens with zero attached hydrogens (tertiary/aromatic N) is 2. The van der Waals surface area contributed by atoms with Crippen LogP contribution in [0.4, 0.5) is 5.69 Å². The van der Waals surface area contributed by atoms with Crippen LogP contribution in [0.15, 0.2) is 18.5 Å². The number of hydrogen-bond acceptors (Lipinski definition) is 8. The van der Waals surface area contributed by atoms with Gasteiger partial charge in [-0.3, -0.25) is 9.78 Å². The minimum absolute atomic E-state index is 0.0423. The molecule has 26 heavy (non-hydrogen) atoms. The first-order valence-electron chi connectivity index (χ1n) is 8.68. The molecule has 1 aromatic rings. The Morgan fingerprint density at radius 2 is 2.15 bits per heavy atom. The second-order valence-corrected chi connectivity index (χ2v) is 6.65. The summed E-state index contributed by atoms with van der Waals surface area (Å²) in [6.07, 6.45) is 2.29. The average Bonchev–Trinajstić information content (AvgIpc) is 2.58. The molecule has 0 spiro atoms. The van der Waals surface area contributed by atoms with E-state index in [4.69, 9.17) is 21.5 Å². The maximum absolute atomic E-state index is 12.8. The Balaban J connectivity index is 2.07. The molecule has 1 atom stereocenters. The summed E-state index contributed by atoms with van der Waals surface area (Å²) in [5, 5.41) is 18.0. The summed E-state index contributed by atoms with van der Waals surface area (Å²) >= 11 is 0. The summed E-state index contributed by atoms with van der Waals surface area (Å²) in [5.74, 6) is -0.305. The molecule has 1 aliphatic heterocycles. The van der Waals surface area contributed by atoms with Gasteiger partial charge in [0.1, 0.15) is 11.4 Å². The van der Waals surface area contributed by atoms with E-state index >= 15 is 0 Å². The van der Waals surface area contributed by atoms with E-state index < -0.39 is 12.1 Å². The Morgan fingerprint density at radius 3 is 2.73 bits per heavy atom. The van der Waals surface area contributed by atoms with Gasteiger partial charge in [-0.15, -0.1) is 0 Å². The van der Waals surface area contributed by atoms with Gasteiger partial charge in [-0.05, 0) is 19.8 Å². The van der Waals surface area contributed by atoms with Gasteiger partial charge in [0.2, 0.25) is 5.91 Å². The van der Waals surface area contributed by atoms with Crippen molar-refractivity contribution in [3.63, 3.8) is 0 Å². The third kappa shape index (κ3) is 5.37. The monoisotopic (exact) mass is 361 g/mol. The fourth-order valence-electron chi connectivity index (χ4n) is 2.86. The number of anilines is 1. The Kier molecular flexibility index (Phi) is 7.29. The van der Waals surface area contributed by atoms with Crippen molar-refractivity contribution in [1.82, 2.24) is 15.6 Å². The van der Waals surface area contributed by atoms with E-state index in [1.165, 1.54) is 6.20 Å². The third-order valence-corrected chi connectivity index (χ3v) is 4.11. The van der Waals surface area contributed by atoms with Crippen molar-refractivity contribution in [1.29, 1.82) is 5.26 Å². The van der Waals surface area contributed by atoms with E-state index in [0.29, 0.717) is 30.9 Å². The second kappa shape index (κ2) is 9.45. The molecule has 1 aliphatic rings. The van der Waals surface area contributed by atoms with Crippen molar-refractivity contribution in [3.8, 4) is 11.8 Å². The standard InChI is InChI=1S/C17H27N7O2/c1-10(2)26-13-4-6-21-9-12(13)24-17(25)14(15(19)20)16-22-7-11(3-5-18)8-23-16/h4,6,9-11,14-16,22-23H,3,7-8,19-20H2,1-2H3,(H,24,25). The van der Waals surface area contributed by atoms with Gasteiger partial charge in [-0.2, -0.15) is 5.26 Å². The van der Waals surface area contributed by atoms with Gasteiger partial charge in [0, 0.05) is 31.8 Å². The molecule has 1 aromatic heterocycles. The minimum Gasteiger partial charge on any atom is -0.489 e. The molecule has 1 amide bonds. The topological polar surface area (TPSA) is 151 Å². The largest absolute Gasteiger partial charge is 0.489 e. The first kappa shape index (κ1) is 20.1. The van der Waals surface area contributed by atoms with Crippen LogP contribution in [0.25, 0.3) is 0 Å². The van der Waals surface area contributed by atoms with Gasteiger partial charge < -0.3 is 32.2 Å². The van der Waals surface area contributed by atoms with Gasteiger partial charge in [0.15, 0.2) is 0 Å². The van der Waals surface area contributed by atoms with E-state index in [2.05, 4.69) is 27.0 Å². The Labute approximate surface area is 153 Å². The first-order valence-corrected chi connectivity index (χ1v) is 8.68. The van der Waals surface area contributed by atoms with E-state index in [-0.39, 0.29) is 24.1 Å². The van der Waals surface area contributed by atoms with Crippen LogP contribution in [0.1, 0.15) is 20.3 Å². The van der Waals surface area contributed by atoms with Crippen LogP contribution in [0.2, 0.25) is 0 Å². The fraction of sp³-hybridized carbons (Fsp3) is 0.588. The van der Waals surface area contributed by atoms with E-state index in [1.807, 2.05) is 13.8 Å². The molecule has 1 fully saturated rings. The van der Waals surface area contributed by atoms with E-state index in [0.717, 1.165) is 0 Å². The van der Waals surface area contributed by atoms with Crippen molar-refractivity contribution in [2.45, 2.75) is 38.7 Å². The van der Waals surface area contributed by atoms with Crippen LogP contribution in [-0.4, -0.2) is 42.4 Å². The van der Waals surface area contributed by atoms with Gasteiger partial charge in [0.25, 0.3) is 0 Å². The van der Waals surface area contributed by atoms with Crippen molar-refractivity contribution in [2.24, 2.45) is 23.3 Å². The minimum atomic E-state index is -0.862. The number of nitriles is 1. The molecule has 9 nitrogen and oxygen atoms in total. The summed E-state index contributed by atoms with van der Waals surface area (Å²) in [7, 11) is 0. The summed E-state index contributed by atoms with van der Waals surface area (Å²) < 4.78 is 5.69. The number of aromatic nitrogens is 1. The normalized spacial score (nSPS) is 21.3. The second-order valence-electron chi connectivity index (χ2n) is 6.65. The Hall–Kier alpha value is -2.25. The fourth-order valence-corrected chi connectivity index (χ4v) is 2.86. The molecule has 7 N–H and O–H groups in total. The predicted molar refractivity (Wildman–Crippen MR) is 97.8 cm³/mol. The van der Waals surface area contributed by atoms with Crippen LogP contribution in [0.3, 0.4) is 0 Å². The number of hydrogen-bond donors (Lipinski definition) is 5. The maximum atomic E-state index is 12.8. The maximum Gasteiger partial charge on any atom is 0.233 e. The van der Waals surface area contributed by atoms with Gasteiger partial charge >= 0.3 is 0 Å². The van der Waals surface area contributed by atoms with Crippen LogP contribution in [0.5, 0.6) is 5.75 Å². The molecule has 0 radical (unpaired) electrons. The molecule has 2 rings (SSSR count). The molecule has 1 saturated heterocycles. The molecule has 9 heteroatoms. The van der Waals surface area contributed by atoms with Gasteiger partial charge in [-0.1, -0.05) is 0 Å². The molecule has 1 unspecified atom stereocenters. The number of ether oxygens (including phenoxy) is 1. The lowest BCUT2D eigenvalue weighted by Gasteiger charge is -2.36. The number of amides is 1. The van der Waals surface area contributed by atoms with Crippen molar-refractivity contribution >= 4 is 11.6 Å². The molecule has 0 bridgehead atoms. The first-order chi connectivity index (χ1) is 12.4. The number of carbonyl (C=O) groups is 1. The number of carbonyl (C=O) groups excluding carboxylic acids is 1. The highest BCUT2D eigenvalue weighted by molar-refractivity contribution is 5.94. The summed E-state index contributed by atoms with van der Waals surface area (Å²) in [4.78, 5) is 16.8. The molecular weight excluding hydrogens is 334 g/mol. The number of nitrogens with two attached hydrogens (primary N) is 2. The van der Waals surface area contributed by atoms with Crippen molar-refractivity contribution < 1.29 is 9.53 Å². The van der Waals surface area contributed by atoms with E-state index in [1.54, 1.807) is 12.3 Å². The van der Waals surface area contributed by atoms with Crippen LogP contribution >= 0.6 is 0 Å². The van der Waals surface area contributed by atoms with Gasteiger partial charge in [-0.25, -0.2) is 0 Å². The smallest absolute Gasteiger partial charge is 0.233 e. The summed E-state index contributed by atoms with van der Waals surface area (Å²) in [6, 6.07) is 3.84. The van der Waals surface area contributed by atoms with Crippen molar-refractivity contribution in [2.75, 3.05) is 18.4 Å². The molecule has 2 heterocycles. The lowest BCUT2D eigenvalue weighted by molar-refractivity contribution is -0.122. The highest BCUT2D eigenvalue weighted by atomic mass is 16.5. The summed E-state index contributed by atoms with van der Waals surface area (Å²) in [5.41, 5.74) is 12.2. The predicted octanol–water partition coefficient (Wildman–Crippen LogP) is -0.284. The number of nitrogens with one attached hydrogen (secondary N) is 3. The Morgan fingerprint density at radius 1 is 1.46 bits per heavy atom. The molecule has 0 aliphatic carbocycles. The Bertz CT molecular complexity index is 636. The van der Waals surface area contributed by atoms with Gasteiger partial charge in [0.05, 0.1) is 36.6 Å². The van der Waals surface area contributed by atoms with Crippen molar-refractivity contribution in [3.05, 3.63) is 18.5 Å². The highest BCUT2D eigenvalue weighted by Crippen LogP contribution is 2.25. The molecule has 0 aromatic carbocycles. The summed E-state index contributed by atoms with van der Waals surface area (Å²) in [6.45, 7) is 5.04. The average molecular weight is 361 g/mol. The van der Waals surface area contributed by atoms with E-state index in [9.17, 15) is 4.79 Å².